The fraction of sp³-hybridized carbons (Fsp3) is 0.467. The number of thioether (sulfide) groups is 1. The van der Waals surface area contributed by atoms with Crippen LogP contribution in [-0.4, -0.2) is 37.9 Å². The highest BCUT2D eigenvalue weighted by molar-refractivity contribution is 7.99. The van der Waals surface area contributed by atoms with E-state index in [1.54, 1.807) is 11.7 Å². The SMILES string of the molecule is Cn1nnnc1SCCC(=O)N[C@@H]1CCc2ccccc2C1. The van der Waals surface area contributed by atoms with Gasteiger partial charge in [-0.15, -0.1) is 5.10 Å². The van der Waals surface area contributed by atoms with Gasteiger partial charge in [-0.2, -0.15) is 0 Å². The van der Waals surface area contributed by atoms with E-state index in [0.29, 0.717) is 12.2 Å². The summed E-state index contributed by atoms with van der Waals surface area (Å²) in [4.78, 5) is 12.1. The van der Waals surface area contributed by atoms with Gasteiger partial charge in [0.1, 0.15) is 0 Å². The fourth-order valence-electron chi connectivity index (χ4n) is 2.70. The van der Waals surface area contributed by atoms with E-state index < -0.39 is 0 Å². The Labute approximate surface area is 133 Å². The molecule has 0 saturated carbocycles. The third-order valence-corrected chi connectivity index (χ3v) is 4.87. The van der Waals surface area contributed by atoms with Crippen molar-refractivity contribution in [3.8, 4) is 0 Å². The minimum absolute atomic E-state index is 0.104. The van der Waals surface area contributed by atoms with Gasteiger partial charge in [-0.25, -0.2) is 4.68 Å². The van der Waals surface area contributed by atoms with E-state index in [0.717, 1.165) is 24.4 Å². The first-order valence-electron chi connectivity index (χ1n) is 7.43. The molecule has 0 aliphatic heterocycles. The van der Waals surface area contributed by atoms with Crippen molar-refractivity contribution in [2.75, 3.05) is 5.75 Å². The van der Waals surface area contributed by atoms with Gasteiger partial charge in [0.25, 0.3) is 0 Å². The molecule has 1 aromatic heterocycles. The molecule has 22 heavy (non-hydrogen) atoms. The second-order valence-corrected chi connectivity index (χ2v) is 6.52. The highest BCUT2D eigenvalue weighted by atomic mass is 32.2. The van der Waals surface area contributed by atoms with Gasteiger partial charge in [-0.1, -0.05) is 36.0 Å². The number of amides is 1. The van der Waals surface area contributed by atoms with E-state index in [2.05, 4.69) is 45.1 Å². The number of carbonyl (C=O) groups excluding carboxylic acids is 1. The molecular weight excluding hydrogens is 298 g/mol. The third kappa shape index (κ3) is 3.65. The second-order valence-electron chi connectivity index (χ2n) is 5.46. The number of tetrazole rings is 1. The zero-order chi connectivity index (χ0) is 15.4. The predicted octanol–water partition coefficient (Wildman–Crippen LogP) is 1.37. The number of aryl methyl sites for hydroxylation is 2. The van der Waals surface area contributed by atoms with Crippen LogP contribution in [0.5, 0.6) is 0 Å². The van der Waals surface area contributed by atoms with Crippen LogP contribution in [0.25, 0.3) is 0 Å². The summed E-state index contributed by atoms with van der Waals surface area (Å²) in [7, 11) is 1.79. The van der Waals surface area contributed by atoms with Crippen molar-refractivity contribution in [1.82, 2.24) is 25.5 Å². The van der Waals surface area contributed by atoms with Crippen molar-refractivity contribution in [1.29, 1.82) is 0 Å². The summed E-state index contributed by atoms with van der Waals surface area (Å²) in [6.07, 6.45) is 3.47. The van der Waals surface area contributed by atoms with Crippen molar-refractivity contribution in [2.45, 2.75) is 36.9 Å². The first-order chi connectivity index (χ1) is 10.7. The second kappa shape index (κ2) is 6.91. The monoisotopic (exact) mass is 317 g/mol. The highest BCUT2D eigenvalue weighted by Gasteiger charge is 2.19. The summed E-state index contributed by atoms with van der Waals surface area (Å²) in [5.74, 6) is 0.788. The van der Waals surface area contributed by atoms with Crippen LogP contribution in [0.3, 0.4) is 0 Å². The van der Waals surface area contributed by atoms with Crippen LogP contribution in [0, 0.1) is 0 Å². The van der Waals surface area contributed by atoms with Crippen LogP contribution in [0.2, 0.25) is 0 Å². The van der Waals surface area contributed by atoms with Crippen molar-refractivity contribution in [2.24, 2.45) is 7.05 Å². The van der Waals surface area contributed by atoms with Gasteiger partial charge in [-0.3, -0.25) is 4.79 Å². The molecule has 6 nitrogen and oxygen atoms in total. The number of nitrogens with one attached hydrogen (secondary N) is 1. The number of fused-ring (bicyclic) bond motifs is 1. The maximum Gasteiger partial charge on any atom is 0.221 e. The van der Waals surface area contributed by atoms with Gasteiger partial charge in [0.2, 0.25) is 11.1 Å². The number of nitrogens with zero attached hydrogens (tertiary/aromatic N) is 4. The molecule has 1 aliphatic carbocycles. The molecule has 1 N–H and O–H groups in total. The van der Waals surface area contributed by atoms with E-state index in [4.69, 9.17) is 0 Å². The quantitative estimate of drug-likeness (QED) is 0.843. The third-order valence-electron chi connectivity index (χ3n) is 3.85. The topological polar surface area (TPSA) is 72.7 Å². The lowest BCUT2D eigenvalue weighted by Crippen LogP contribution is -2.38. The van der Waals surface area contributed by atoms with Crippen LogP contribution in [0.4, 0.5) is 0 Å². The molecule has 2 aromatic rings. The number of benzene rings is 1. The molecule has 1 amide bonds. The molecule has 1 aliphatic rings. The summed E-state index contributed by atoms with van der Waals surface area (Å²) in [5.41, 5.74) is 2.77. The first-order valence-corrected chi connectivity index (χ1v) is 8.42. The smallest absolute Gasteiger partial charge is 0.221 e. The lowest BCUT2D eigenvalue weighted by atomic mass is 9.88. The summed E-state index contributed by atoms with van der Waals surface area (Å²) < 4.78 is 1.61. The lowest BCUT2D eigenvalue weighted by Gasteiger charge is -2.25. The average molecular weight is 317 g/mol. The van der Waals surface area contributed by atoms with E-state index >= 15 is 0 Å². The van der Waals surface area contributed by atoms with Crippen LogP contribution >= 0.6 is 11.8 Å². The van der Waals surface area contributed by atoms with Crippen molar-refractivity contribution < 1.29 is 4.79 Å². The van der Waals surface area contributed by atoms with Gasteiger partial charge in [-0.05, 0) is 40.8 Å². The largest absolute Gasteiger partial charge is 0.353 e. The van der Waals surface area contributed by atoms with Gasteiger partial charge in [0.15, 0.2) is 0 Å². The minimum atomic E-state index is 0.104. The molecule has 0 unspecified atom stereocenters. The summed E-state index contributed by atoms with van der Waals surface area (Å²) in [6.45, 7) is 0. The van der Waals surface area contributed by atoms with Gasteiger partial charge >= 0.3 is 0 Å². The Balaban J connectivity index is 1.44. The molecule has 7 heteroatoms. The molecule has 3 rings (SSSR count). The zero-order valence-electron chi connectivity index (χ0n) is 12.5. The Morgan fingerprint density at radius 1 is 1.41 bits per heavy atom. The molecule has 1 heterocycles. The Bertz CT molecular complexity index is 657. The number of rotatable bonds is 5. The van der Waals surface area contributed by atoms with Gasteiger partial charge in [0, 0.05) is 25.3 Å². The number of aromatic nitrogens is 4. The molecule has 0 bridgehead atoms. The van der Waals surface area contributed by atoms with E-state index in [-0.39, 0.29) is 11.9 Å². The molecule has 1 aromatic carbocycles. The van der Waals surface area contributed by atoms with Crippen molar-refractivity contribution >= 4 is 17.7 Å². The van der Waals surface area contributed by atoms with Crippen LogP contribution in [0.1, 0.15) is 24.0 Å². The van der Waals surface area contributed by atoms with E-state index in [1.165, 1.54) is 22.9 Å². The molecular formula is C15H19N5OS. The maximum atomic E-state index is 12.1. The maximum absolute atomic E-state index is 12.1. The molecule has 0 fully saturated rings. The lowest BCUT2D eigenvalue weighted by molar-refractivity contribution is -0.121. The Morgan fingerprint density at radius 2 is 2.23 bits per heavy atom. The van der Waals surface area contributed by atoms with E-state index in [9.17, 15) is 4.79 Å². The first kappa shape index (κ1) is 15.0. The van der Waals surface area contributed by atoms with Gasteiger partial charge in [0.05, 0.1) is 0 Å². The van der Waals surface area contributed by atoms with E-state index in [1.807, 2.05) is 0 Å². The Hall–Kier alpha value is -1.89. The van der Waals surface area contributed by atoms with Crippen molar-refractivity contribution in [3.63, 3.8) is 0 Å². The number of carbonyl (C=O) groups is 1. The average Bonchev–Trinajstić information content (AvgIpc) is 2.92. The molecule has 0 saturated heterocycles. The number of hydrogen-bond donors (Lipinski definition) is 1. The number of hydrogen-bond acceptors (Lipinski definition) is 5. The molecule has 0 radical (unpaired) electrons. The zero-order valence-corrected chi connectivity index (χ0v) is 13.3. The summed E-state index contributed by atoms with van der Waals surface area (Å²) >= 11 is 1.50. The Kier molecular flexibility index (Phi) is 4.72. The van der Waals surface area contributed by atoms with Crippen LogP contribution < -0.4 is 5.32 Å². The normalized spacial score (nSPS) is 17.0. The standard InChI is InChI=1S/C15H19N5OS/c1-20-15(17-18-19-20)22-9-8-14(21)16-13-7-6-11-4-2-3-5-12(11)10-13/h2-5,13H,6-10H2,1H3,(H,16,21)/t13-/m1/s1. The van der Waals surface area contributed by atoms with Crippen LogP contribution in [-0.2, 0) is 24.7 Å². The van der Waals surface area contributed by atoms with Gasteiger partial charge < -0.3 is 5.32 Å². The molecule has 0 spiro atoms. The summed E-state index contributed by atoms with van der Waals surface area (Å²) in [5, 5.41) is 15.1. The van der Waals surface area contributed by atoms with Crippen LogP contribution in [0.15, 0.2) is 29.4 Å². The summed E-state index contributed by atoms with van der Waals surface area (Å²) in [6, 6.07) is 8.73. The predicted molar refractivity (Wildman–Crippen MR) is 84.5 cm³/mol. The molecule has 1 atom stereocenters. The highest BCUT2D eigenvalue weighted by Crippen LogP contribution is 2.21. The Morgan fingerprint density at radius 3 is 3.00 bits per heavy atom. The minimum Gasteiger partial charge on any atom is -0.353 e. The fourth-order valence-corrected chi connectivity index (χ4v) is 3.49. The van der Waals surface area contributed by atoms with Crippen molar-refractivity contribution in [3.05, 3.63) is 35.4 Å². The molecule has 116 valence electrons.